The molecule has 1 unspecified atom stereocenters. The second kappa shape index (κ2) is 7.62. The minimum absolute atomic E-state index is 0.111. The zero-order valence-corrected chi connectivity index (χ0v) is 11.5. The Morgan fingerprint density at radius 2 is 2.15 bits per heavy atom. The third kappa shape index (κ3) is 4.64. The van der Waals surface area contributed by atoms with Gasteiger partial charge in [-0.2, -0.15) is 0 Å². The second-order valence-electron chi connectivity index (χ2n) is 3.97. The highest BCUT2D eigenvalue weighted by Crippen LogP contribution is 2.13. The number of hydrogen-bond acceptors (Lipinski definition) is 5. The number of amides is 1. The zero-order chi connectivity index (χ0) is 14.2. The summed E-state index contributed by atoms with van der Waals surface area (Å²) < 4.78 is 10.2. The largest absolute Gasteiger partial charge is 0.468 e. The first-order valence-electron chi connectivity index (χ1n) is 6.05. The van der Waals surface area contributed by atoms with E-state index in [9.17, 15) is 9.90 Å². The Kier molecular flexibility index (Phi) is 5.52. The third-order valence-corrected chi connectivity index (χ3v) is 3.24. The Morgan fingerprint density at radius 3 is 2.85 bits per heavy atom. The fraction of sp³-hybridized carbons (Fsp3) is 0.214. The molecule has 6 heteroatoms. The molecule has 5 nitrogen and oxygen atoms in total. The van der Waals surface area contributed by atoms with Crippen molar-refractivity contribution >= 4 is 17.7 Å². The van der Waals surface area contributed by atoms with E-state index in [0.29, 0.717) is 11.5 Å². The van der Waals surface area contributed by atoms with E-state index in [1.807, 2.05) is 12.1 Å². The first-order chi connectivity index (χ1) is 9.75. The molecule has 2 N–H and O–H groups in total. The quantitative estimate of drug-likeness (QED) is 0.767. The summed E-state index contributed by atoms with van der Waals surface area (Å²) >= 11 is 1.46. The van der Waals surface area contributed by atoms with Crippen molar-refractivity contribution in [3.05, 3.63) is 59.8 Å². The molecule has 20 heavy (non-hydrogen) atoms. The lowest BCUT2D eigenvalue weighted by atomic mass is 10.3. The van der Waals surface area contributed by atoms with Crippen molar-refractivity contribution in [2.24, 2.45) is 0 Å². The maximum absolute atomic E-state index is 11.5. The van der Waals surface area contributed by atoms with E-state index in [-0.39, 0.29) is 12.5 Å². The number of aliphatic hydroxyl groups excluding tert-OH is 1. The number of aliphatic hydroxyl groups is 1. The SMILES string of the molecule is O=C(/C=C/SCc1ccco1)NCC(O)c1ccco1. The van der Waals surface area contributed by atoms with E-state index in [4.69, 9.17) is 8.83 Å². The molecule has 0 fully saturated rings. The van der Waals surface area contributed by atoms with Crippen LogP contribution >= 0.6 is 11.8 Å². The first-order valence-corrected chi connectivity index (χ1v) is 7.10. The van der Waals surface area contributed by atoms with E-state index in [0.717, 1.165) is 5.76 Å². The predicted molar refractivity (Wildman–Crippen MR) is 75.8 cm³/mol. The molecule has 0 spiro atoms. The number of thioether (sulfide) groups is 1. The van der Waals surface area contributed by atoms with Crippen LogP contribution in [-0.4, -0.2) is 17.6 Å². The number of carbonyl (C=O) groups excluding carboxylic acids is 1. The highest BCUT2D eigenvalue weighted by atomic mass is 32.2. The van der Waals surface area contributed by atoms with Crippen molar-refractivity contribution in [2.45, 2.75) is 11.9 Å². The molecule has 0 radical (unpaired) electrons. The van der Waals surface area contributed by atoms with Gasteiger partial charge in [-0.15, -0.1) is 11.8 Å². The molecule has 0 saturated carbocycles. The predicted octanol–water partition coefficient (Wildman–Crippen LogP) is 2.47. The average Bonchev–Trinajstić information content (AvgIpc) is 3.13. The van der Waals surface area contributed by atoms with Gasteiger partial charge in [0, 0.05) is 6.08 Å². The van der Waals surface area contributed by atoms with Gasteiger partial charge in [0.1, 0.15) is 17.6 Å². The summed E-state index contributed by atoms with van der Waals surface area (Å²) in [5.74, 6) is 1.70. The molecule has 2 rings (SSSR count). The van der Waals surface area contributed by atoms with Crippen molar-refractivity contribution in [1.29, 1.82) is 0 Å². The topological polar surface area (TPSA) is 75.6 Å². The fourth-order valence-corrected chi connectivity index (χ4v) is 2.12. The van der Waals surface area contributed by atoms with Crippen molar-refractivity contribution in [1.82, 2.24) is 5.32 Å². The van der Waals surface area contributed by atoms with Crippen molar-refractivity contribution in [2.75, 3.05) is 6.54 Å². The summed E-state index contributed by atoms with van der Waals surface area (Å²) in [6.07, 6.45) is 3.68. The van der Waals surface area contributed by atoms with Crippen LogP contribution in [0.2, 0.25) is 0 Å². The molecule has 1 amide bonds. The van der Waals surface area contributed by atoms with Gasteiger partial charge in [-0.3, -0.25) is 4.79 Å². The molecule has 106 valence electrons. The number of nitrogens with one attached hydrogen (secondary N) is 1. The molecule has 0 bridgehead atoms. The molecule has 2 heterocycles. The minimum Gasteiger partial charge on any atom is -0.468 e. The van der Waals surface area contributed by atoms with Crippen LogP contribution in [0.15, 0.2) is 57.1 Å². The summed E-state index contributed by atoms with van der Waals surface area (Å²) in [5.41, 5.74) is 0. The summed E-state index contributed by atoms with van der Waals surface area (Å²) in [4.78, 5) is 11.5. The molecule has 0 aliphatic rings. The highest BCUT2D eigenvalue weighted by Gasteiger charge is 2.10. The first kappa shape index (κ1) is 14.5. The Balaban J connectivity index is 1.65. The van der Waals surface area contributed by atoms with E-state index in [2.05, 4.69) is 5.32 Å². The van der Waals surface area contributed by atoms with Crippen LogP contribution in [0.5, 0.6) is 0 Å². The molecule has 0 aromatic carbocycles. The van der Waals surface area contributed by atoms with Gasteiger partial charge in [-0.1, -0.05) is 0 Å². The van der Waals surface area contributed by atoms with Crippen LogP contribution in [0.1, 0.15) is 17.6 Å². The summed E-state index contributed by atoms with van der Waals surface area (Å²) in [5, 5.41) is 14.0. The van der Waals surface area contributed by atoms with E-state index in [1.165, 1.54) is 24.1 Å². The van der Waals surface area contributed by atoms with E-state index < -0.39 is 6.10 Å². The number of rotatable bonds is 7. The van der Waals surface area contributed by atoms with Gasteiger partial charge < -0.3 is 19.3 Å². The van der Waals surface area contributed by atoms with E-state index in [1.54, 1.807) is 23.8 Å². The molecule has 0 saturated heterocycles. The molecule has 2 aromatic rings. The van der Waals surface area contributed by atoms with E-state index >= 15 is 0 Å². The van der Waals surface area contributed by atoms with Gasteiger partial charge in [0.05, 0.1) is 24.8 Å². The Labute approximate surface area is 120 Å². The normalized spacial score (nSPS) is 12.7. The van der Waals surface area contributed by atoms with Crippen molar-refractivity contribution in [3.8, 4) is 0 Å². The highest BCUT2D eigenvalue weighted by molar-refractivity contribution is 8.01. The smallest absolute Gasteiger partial charge is 0.244 e. The van der Waals surface area contributed by atoms with Gasteiger partial charge in [-0.05, 0) is 29.7 Å². The number of furan rings is 2. The Morgan fingerprint density at radius 1 is 1.35 bits per heavy atom. The van der Waals surface area contributed by atoms with Crippen LogP contribution in [0.25, 0.3) is 0 Å². The maximum Gasteiger partial charge on any atom is 0.244 e. The second-order valence-corrected chi connectivity index (χ2v) is 4.86. The average molecular weight is 293 g/mol. The summed E-state index contributed by atoms with van der Waals surface area (Å²) in [6, 6.07) is 7.04. The van der Waals surface area contributed by atoms with Gasteiger partial charge in [-0.25, -0.2) is 0 Å². The molecular formula is C14H15NO4S. The lowest BCUT2D eigenvalue weighted by Gasteiger charge is -2.07. The maximum atomic E-state index is 11.5. The fourth-order valence-electron chi connectivity index (χ4n) is 1.47. The molecule has 2 aromatic heterocycles. The molecule has 1 atom stereocenters. The Hall–Kier alpha value is -1.92. The Bertz CT molecular complexity index is 534. The third-order valence-electron chi connectivity index (χ3n) is 2.46. The lowest BCUT2D eigenvalue weighted by Crippen LogP contribution is -2.26. The molecule has 0 aliphatic carbocycles. The lowest BCUT2D eigenvalue weighted by molar-refractivity contribution is -0.117. The van der Waals surface area contributed by atoms with Crippen LogP contribution in [0.4, 0.5) is 0 Å². The molecule has 0 aliphatic heterocycles. The monoisotopic (exact) mass is 293 g/mol. The number of carbonyl (C=O) groups is 1. The van der Waals surface area contributed by atoms with Crippen LogP contribution in [0, 0.1) is 0 Å². The summed E-state index contributed by atoms with van der Waals surface area (Å²) in [7, 11) is 0. The van der Waals surface area contributed by atoms with Gasteiger partial charge in [0.15, 0.2) is 0 Å². The van der Waals surface area contributed by atoms with Crippen molar-refractivity contribution < 1.29 is 18.7 Å². The zero-order valence-electron chi connectivity index (χ0n) is 10.7. The standard InChI is InChI=1S/C14H15NO4S/c16-12(13-4-2-7-19-13)9-15-14(17)5-8-20-10-11-3-1-6-18-11/h1-8,12,16H,9-10H2,(H,15,17)/b8-5+. The summed E-state index contributed by atoms with van der Waals surface area (Å²) in [6.45, 7) is 0.111. The number of hydrogen-bond donors (Lipinski definition) is 2. The molecular weight excluding hydrogens is 278 g/mol. The van der Waals surface area contributed by atoms with Crippen molar-refractivity contribution in [3.63, 3.8) is 0 Å². The minimum atomic E-state index is -0.835. The van der Waals surface area contributed by atoms with Crippen LogP contribution < -0.4 is 5.32 Å². The van der Waals surface area contributed by atoms with Gasteiger partial charge >= 0.3 is 0 Å². The van der Waals surface area contributed by atoms with Gasteiger partial charge in [0.25, 0.3) is 0 Å². The van der Waals surface area contributed by atoms with Crippen LogP contribution in [-0.2, 0) is 10.5 Å². The van der Waals surface area contributed by atoms with Gasteiger partial charge in [0.2, 0.25) is 5.91 Å². The van der Waals surface area contributed by atoms with Crippen LogP contribution in [0.3, 0.4) is 0 Å².